The van der Waals surface area contributed by atoms with E-state index in [1.54, 1.807) is 0 Å². The molecule has 0 bridgehead atoms. The molecule has 0 amide bonds. The summed E-state index contributed by atoms with van der Waals surface area (Å²) in [6.45, 7) is 3.84. The van der Waals surface area contributed by atoms with E-state index in [1.807, 2.05) is 13.8 Å². The molecule has 0 heterocycles. The summed E-state index contributed by atoms with van der Waals surface area (Å²) in [6.07, 6.45) is 3.76. The topological polar surface area (TPSA) is 37.3 Å². The maximum Gasteiger partial charge on any atom is 0.529 e. The Morgan fingerprint density at radius 2 is 2.08 bits per heavy atom. The van der Waals surface area contributed by atoms with Crippen LogP contribution in [-0.2, 0) is 4.46 Å². The van der Waals surface area contributed by atoms with Gasteiger partial charge in [0.2, 0.25) is 0 Å². The van der Waals surface area contributed by atoms with Crippen LogP contribution in [-0.4, -0.2) is 19.6 Å². The molecule has 4 heteroatoms. The van der Waals surface area contributed by atoms with Crippen molar-refractivity contribution < 1.29 is 9.26 Å². The van der Waals surface area contributed by atoms with Crippen molar-refractivity contribution in [2.75, 3.05) is 5.88 Å². The predicted octanol–water partition coefficient (Wildman–Crippen LogP) is 2.35. The summed E-state index contributed by atoms with van der Waals surface area (Å²) in [5.74, 6) is 0.555. The lowest BCUT2D eigenvalue weighted by Gasteiger charge is -1.96. The summed E-state index contributed by atoms with van der Waals surface area (Å²) in [5, 5.41) is 0. The first-order chi connectivity index (χ1) is 6.06. The summed E-state index contributed by atoms with van der Waals surface area (Å²) in [7, 11) is -2.45. The average Bonchev–Trinajstić information content (AvgIpc) is 2.02. The zero-order chi connectivity index (χ0) is 10.3. The van der Waals surface area contributed by atoms with Crippen LogP contribution < -0.4 is 0 Å². The van der Waals surface area contributed by atoms with Crippen LogP contribution in [0.3, 0.4) is 0 Å². The molecular formula is C9H15ClO2Si. The van der Waals surface area contributed by atoms with Crippen molar-refractivity contribution in [1.29, 1.82) is 0 Å². The molecule has 2 nitrogen and oxygen atoms in total. The summed E-state index contributed by atoms with van der Waals surface area (Å²) in [5.41, 5.74) is 3.53. The molecule has 1 N–H and O–H groups in total. The molecule has 74 valence electrons. The third kappa shape index (κ3) is 7.93. The fraction of sp³-hybridized carbons (Fsp3) is 0.556. The first-order valence-corrected chi connectivity index (χ1v) is 6.14. The van der Waals surface area contributed by atoms with Gasteiger partial charge in [-0.1, -0.05) is 17.2 Å². The molecule has 0 aromatic rings. The zero-order valence-corrected chi connectivity index (χ0v) is 9.77. The highest BCUT2D eigenvalue weighted by Crippen LogP contribution is 2.06. The monoisotopic (exact) mass is 218 g/mol. The van der Waals surface area contributed by atoms with Gasteiger partial charge in [0.05, 0.1) is 0 Å². The average molecular weight is 219 g/mol. The highest BCUT2D eigenvalue weighted by atomic mass is 35.5. The molecule has 0 unspecified atom stereocenters. The van der Waals surface area contributed by atoms with Gasteiger partial charge >= 0.3 is 8.93 Å². The Kier molecular flexibility index (Phi) is 6.81. The molecule has 0 aliphatic rings. The van der Waals surface area contributed by atoms with E-state index in [0.29, 0.717) is 5.88 Å². The van der Waals surface area contributed by atoms with Crippen LogP contribution in [0.1, 0.15) is 26.7 Å². The molecule has 0 aromatic carbocycles. The summed E-state index contributed by atoms with van der Waals surface area (Å²) in [6, 6.07) is 0. The number of halogens is 1. The van der Waals surface area contributed by atoms with Crippen LogP contribution in [0.2, 0.25) is 0 Å². The van der Waals surface area contributed by atoms with Crippen molar-refractivity contribution in [3.05, 3.63) is 22.9 Å². The molecular weight excluding hydrogens is 204 g/mol. The summed E-state index contributed by atoms with van der Waals surface area (Å²) < 4.78 is 10.4. The first kappa shape index (κ1) is 12.6. The Hall–Kier alpha value is -0.413. The van der Waals surface area contributed by atoms with Gasteiger partial charge in [0.15, 0.2) is 0 Å². The van der Waals surface area contributed by atoms with Gasteiger partial charge in [0.1, 0.15) is 0 Å². The highest BCUT2D eigenvalue weighted by molar-refractivity contribution is 6.40. The molecule has 0 spiro atoms. The third-order valence-electron chi connectivity index (χ3n) is 1.61. The minimum Gasteiger partial charge on any atom is -0.537 e. The molecule has 0 rings (SSSR count). The smallest absolute Gasteiger partial charge is 0.529 e. The minimum absolute atomic E-state index is 0.555. The van der Waals surface area contributed by atoms with E-state index in [-0.39, 0.29) is 0 Å². The van der Waals surface area contributed by atoms with Crippen molar-refractivity contribution in [2.45, 2.75) is 26.7 Å². The lowest BCUT2D eigenvalue weighted by Crippen LogP contribution is -1.93. The van der Waals surface area contributed by atoms with E-state index in [9.17, 15) is 4.46 Å². The largest absolute Gasteiger partial charge is 0.537 e. The molecule has 13 heavy (non-hydrogen) atoms. The molecule has 0 radical (unpaired) electrons. The van der Waals surface area contributed by atoms with E-state index in [4.69, 9.17) is 16.4 Å². The zero-order valence-electron chi connectivity index (χ0n) is 8.01. The highest BCUT2D eigenvalue weighted by Gasteiger charge is 1.96. The Bertz CT molecular complexity index is 234. The van der Waals surface area contributed by atoms with Gasteiger partial charge in [-0.3, -0.25) is 0 Å². The summed E-state index contributed by atoms with van der Waals surface area (Å²) in [4.78, 5) is 8.61. The number of hydrogen-bond donors (Lipinski definition) is 1. The van der Waals surface area contributed by atoms with Gasteiger partial charge in [0.25, 0.3) is 0 Å². The number of hydrogen-bond acceptors (Lipinski definition) is 1. The molecule has 0 aliphatic carbocycles. The Labute approximate surface area is 85.7 Å². The first-order valence-electron chi connectivity index (χ1n) is 4.18. The second kappa shape index (κ2) is 7.03. The Balaban J connectivity index is 3.83. The van der Waals surface area contributed by atoms with Crippen molar-refractivity contribution in [1.82, 2.24) is 0 Å². The molecule has 0 saturated heterocycles. The van der Waals surface area contributed by atoms with Crippen LogP contribution in [0.4, 0.5) is 0 Å². The van der Waals surface area contributed by atoms with Gasteiger partial charge in [0, 0.05) is 5.88 Å². The maximum atomic E-state index is 10.4. The molecule has 0 fully saturated rings. The van der Waals surface area contributed by atoms with E-state index in [2.05, 4.69) is 6.08 Å². The van der Waals surface area contributed by atoms with E-state index in [0.717, 1.165) is 24.0 Å². The van der Waals surface area contributed by atoms with Gasteiger partial charge in [-0.05, 0) is 32.4 Å². The normalized spacial score (nSPS) is 13.2. The van der Waals surface area contributed by atoms with Crippen molar-refractivity contribution in [2.24, 2.45) is 0 Å². The van der Waals surface area contributed by atoms with Crippen LogP contribution >= 0.6 is 11.6 Å². The fourth-order valence-corrected chi connectivity index (χ4v) is 1.56. The lowest BCUT2D eigenvalue weighted by atomic mass is 10.1. The van der Waals surface area contributed by atoms with Crippen LogP contribution in [0.5, 0.6) is 0 Å². The van der Waals surface area contributed by atoms with Crippen LogP contribution in [0, 0.1) is 0 Å². The van der Waals surface area contributed by atoms with Gasteiger partial charge < -0.3 is 9.26 Å². The minimum atomic E-state index is -2.45. The van der Waals surface area contributed by atoms with Crippen molar-refractivity contribution in [3.8, 4) is 0 Å². The quantitative estimate of drug-likeness (QED) is 0.437. The standard InChI is InChI=1S/C9H15ClO2Si/c1-8(6-10)4-3-5-9(2)7-13(11)12/h4,7,11H,3,5-6H2,1-2H3/b8-4?,9-7-. The van der Waals surface area contributed by atoms with Gasteiger partial charge in [-0.25, -0.2) is 0 Å². The van der Waals surface area contributed by atoms with E-state index in [1.165, 1.54) is 5.70 Å². The molecule has 0 aromatic heterocycles. The fourth-order valence-electron chi connectivity index (χ4n) is 0.884. The Morgan fingerprint density at radius 1 is 1.46 bits per heavy atom. The number of allylic oxidation sites excluding steroid dienone is 3. The van der Waals surface area contributed by atoms with Gasteiger partial charge in [-0.15, -0.1) is 11.6 Å². The third-order valence-corrected chi connectivity index (χ3v) is 2.77. The predicted molar refractivity (Wildman–Crippen MR) is 56.1 cm³/mol. The number of alkyl halides is 1. The van der Waals surface area contributed by atoms with Gasteiger partial charge in [-0.2, -0.15) is 0 Å². The van der Waals surface area contributed by atoms with Crippen LogP contribution in [0.15, 0.2) is 22.9 Å². The number of rotatable bonds is 5. The van der Waals surface area contributed by atoms with Crippen molar-refractivity contribution >= 4 is 20.5 Å². The second-order valence-electron chi connectivity index (χ2n) is 3.05. The Morgan fingerprint density at radius 3 is 2.54 bits per heavy atom. The molecule has 0 aliphatic heterocycles. The molecule has 0 atom stereocenters. The summed E-state index contributed by atoms with van der Waals surface area (Å²) >= 11 is 5.58. The van der Waals surface area contributed by atoms with E-state index < -0.39 is 8.93 Å². The van der Waals surface area contributed by atoms with Crippen LogP contribution in [0.25, 0.3) is 0 Å². The van der Waals surface area contributed by atoms with Crippen molar-refractivity contribution in [3.63, 3.8) is 0 Å². The lowest BCUT2D eigenvalue weighted by molar-refractivity contribution is 0.460. The molecule has 0 saturated carbocycles. The SMILES string of the molecule is CC(=CCC/C(C)=C\[Si](=O)O)CCl. The maximum absolute atomic E-state index is 10.4. The van der Waals surface area contributed by atoms with E-state index >= 15 is 0 Å². The second-order valence-corrected chi connectivity index (χ2v) is 4.28.